The number of carbonyl (C=O) groups excluding carboxylic acids is 1. The van der Waals surface area contributed by atoms with Crippen molar-refractivity contribution >= 4 is 21.9 Å². The van der Waals surface area contributed by atoms with Crippen molar-refractivity contribution in [2.45, 2.75) is 33.1 Å². The standard InChI is InChI=1S/C14H19BrO3/c1-4-17-14(16)7-8-18-13-6-5-11(15)9-12(13)10(2)3/h5-6,9-10H,4,7-8H2,1-3H3. The smallest absolute Gasteiger partial charge is 0.309 e. The molecule has 0 heterocycles. The highest BCUT2D eigenvalue weighted by atomic mass is 79.9. The van der Waals surface area contributed by atoms with Gasteiger partial charge in [0, 0.05) is 4.47 Å². The quantitative estimate of drug-likeness (QED) is 0.747. The number of hydrogen-bond acceptors (Lipinski definition) is 3. The maximum absolute atomic E-state index is 11.2. The van der Waals surface area contributed by atoms with Gasteiger partial charge < -0.3 is 9.47 Å². The van der Waals surface area contributed by atoms with E-state index in [1.54, 1.807) is 6.92 Å². The Balaban J connectivity index is 2.59. The van der Waals surface area contributed by atoms with Crippen molar-refractivity contribution in [2.24, 2.45) is 0 Å². The van der Waals surface area contributed by atoms with E-state index in [4.69, 9.17) is 9.47 Å². The Morgan fingerprint density at radius 3 is 2.72 bits per heavy atom. The van der Waals surface area contributed by atoms with E-state index in [9.17, 15) is 4.79 Å². The van der Waals surface area contributed by atoms with Gasteiger partial charge in [-0.05, 0) is 36.6 Å². The monoisotopic (exact) mass is 314 g/mol. The minimum Gasteiger partial charge on any atom is -0.493 e. The van der Waals surface area contributed by atoms with Gasteiger partial charge in [-0.3, -0.25) is 4.79 Å². The van der Waals surface area contributed by atoms with Gasteiger partial charge in [0.15, 0.2) is 0 Å². The maximum Gasteiger partial charge on any atom is 0.309 e. The van der Waals surface area contributed by atoms with Crippen LogP contribution in [0.4, 0.5) is 0 Å². The van der Waals surface area contributed by atoms with Crippen LogP contribution in [0.1, 0.15) is 38.7 Å². The van der Waals surface area contributed by atoms with Gasteiger partial charge in [-0.15, -0.1) is 0 Å². The first kappa shape index (κ1) is 15.0. The molecule has 0 fully saturated rings. The van der Waals surface area contributed by atoms with E-state index >= 15 is 0 Å². The summed E-state index contributed by atoms with van der Waals surface area (Å²) in [6, 6.07) is 5.90. The highest BCUT2D eigenvalue weighted by Gasteiger charge is 2.09. The van der Waals surface area contributed by atoms with Crippen molar-refractivity contribution in [3.63, 3.8) is 0 Å². The second-order valence-corrected chi connectivity index (χ2v) is 5.16. The molecule has 0 atom stereocenters. The van der Waals surface area contributed by atoms with Crippen molar-refractivity contribution in [3.05, 3.63) is 28.2 Å². The highest BCUT2D eigenvalue weighted by Crippen LogP contribution is 2.29. The molecule has 0 aromatic heterocycles. The summed E-state index contributed by atoms with van der Waals surface area (Å²) in [6.07, 6.45) is 0.279. The summed E-state index contributed by atoms with van der Waals surface area (Å²) in [5, 5.41) is 0. The van der Waals surface area contributed by atoms with E-state index in [-0.39, 0.29) is 12.4 Å². The van der Waals surface area contributed by atoms with Crippen LogP contribution in [0.2, 0.25) is 0 Å². The first-order valence-corrected chi connectivity index (χ1v) is 6.91. The summed E-state index contributed by atoms with van der Waals surface area (Å²) in [5.41, 5.74) is 1.13. The number of rotatable bonds is 6. The largest absolute Gasteiger partial charge is 0.493 e. The lowest BCUT2D eigenvalue weighted by Gasteiger charge is -2.14. The summed E-state index contributed by atoms with van der Waals surface area (Å²) < 4.78 is 11.5. The van der Waals surface area contributed by atoms with E-state index in [2.05, 4.69) is 29.8 Å². The third kappa shape index (κ3) is 4.69. The minimum atomic E-state index is -0.222. The van der Waals surface area contributed by atoms with Gasteiger partial charge in [-0.2, -0.15) is 0 Å². The lowest BCUT2D eigenvalue weighted by Crippen LogP contribution is -2.10. The number of carbonyl (C=O) groups is 1. The first-order chi connectivity index (χ1) is 8.54. The van der Waals surface area contributed by atoms with Crippen LogP contribution in [0.5, 0.6) is 5.75 Å². The van der Waals surface area contributed by atoms with Crippen molar-refractivity contribution in [1.29, 1.82) is 0 Å². The predicted octanol–water partition coefficient (Wildman–Crippen LogP) is 3.90. The number of benzene rings is 1. The number of hydrogen-bond donors (Lipinski definition) is 0. The number of ether oxygens (including phenoxy) is 2. The average molecular weight is 315 g/mol. The maximum atomic E-state index is 11.2. The fourth-order valence-corrected chi connectivity index (χ4v) is 1.96. The predicted molar refractivity (Wildman–Crippen MR) is 75.0 cm³/mol. The lowest BCUT2D eigenvalue weighted by molar-refractivity contribution is -0.143. The molecule has 1 aromatic carbocycles. The van der Waals surface area contributed by atoms with Gasteiger partial charge in [0.25, 0.3) is 0 Å². The zero-order chi connectivity index (χ0) is 13.5. The molecule has 0 bridgehead atoms. The fourth-order valence-electron chi connectivity index (χ4n) is 1.58. The number of halogens is 1. The summed E-state index contributed by atoms with van der Waals surface area (Å²) in [4.78, 5) is 11.2. The van der Waals surface area contributed by atoms with Crippen LogP contribution in [0.25, 0.3) is 0 Å². The lowest BCUT2D eigenvalue weighted by atomic mass is 10.0. The zero-order valence-electron chi connectivity index (χ0n) is 11.0. The molecule has 0 aliphatic heterocycles. The van der Waals surface area contributed by atoms with Crippen LogP contribution in [-0.2, 0) is 9.53 Å². The van der Waals surface area contributed by atoms with E-state index < -0.39 is 0 Å². The van der Waals surface area contributed by atoms with Gasteiger partial charge in [0.1, 0.15) is 5.75 Å². The van der Waals surface area contributed by atoms with E-state index in [1.807, 2.05) is 18.2 Å². The molecule has 0 aliphatic rings. The Hall–Kier alpha value is -1.03. The SMILES string of the molecule is CCOC(=O)CCOc1ccc(Br)cc1C(C)C. The van der Waals surface area contributed by atoms with Gasteiger partial charge in [0.2, 0.25) is 0 Å². The molecule has 18 heavy (non-hydrogen) atoms. The molecule has 0 spiro atoms. The van der Waals surface area contributed by atoms with Crippen LogP contribution in [0.3, 0.4) is 0 Å². The molecular formula is C14H19BrO3. The van der Waals surface area contributed by atoms with Crippen molar-refractivity contribution < 1.29 is 14.3 Å². The second kappa shape index (κ2) is 7.41. The van der Waals surface area contributed by atoms with Crippen molar-refractivity contribution in [1.82, 2.24) is 0 Å². The first-order valence-electron chi connectivity index (χ1n) is 6.12. The molecule has 0 amide bonds. The Morgan fingerprint density at radius 2 is 2.11 bits per heavy atom. The van der Waals surface area contributed by atoms with Crippen LogP contribution in [0.15, 0.2) is 22.7 Å². The molecule has 0 unspecified atom stereocenters. The molecule has 1 aromatic rings. The van der Waals surface area contributed by atoms with Crippen LogP contribution < -0.4 is 4.74 Å². The molecule has 100 valence electrons. The van der Waals surface area contributed by atoms with E-state index in [1.165, 1.54) is 0 Å². The summed E-state index contributed by atoms with van der Waals surface area (Å²) in [7, 11) is 0. The molecule has 0 saturated carbocycles. The second-order valence-electron chi connectivity index (χ2n) is 4.24. The highest BCUT2D eigenvalue weighted by molar-refractivity contribution is 9.10. The van der Waals surface area contributed by atoms with Gasteiger partial charge >= 0.3 is 5.97 Å². The molecule has 0 radical (unpaired) electrons. The Bertz CT molecular complexity index is 402. The summed E-state index contributed by atoms with van der Waals surface area (Å²) in [5.74, 6) is 0.985. The molecule has 1 rings (SSSR count). The molecular weight excluding hydrogens is 296 g/mol. The third-order valence-electron chi connectivity index (χ3n) is 2.46. The topological polar surface area (TPSA) is 35.5 Å². The van der Waals surface area contributed by atoms with Crippen LogP contribution in [0, 0.1) is 0 Å². The van der Waals surface area contributed by atoms with Crippen LogP contribution in [-0.4, -0.2) is 19.2 Å². The Labute approximate surface area is 117 Å². The third-order valence-corrected chi connectivity index (χ3v) is 2.96. The summed E-state index contributed by atoms with van der Waals surface area (Å²) >= 11 is 3.45. The van der Waals surface area contributed by atoms with Crippen molar-refractivity contribution in [2.75, 3.05) is 13.2 Å². The van der Waals surface area contributed by atoms with Gasteiger partial charge in [0.05, 0.1) is 19.6 Å². The van der Waals surface area contributed by atoms with Crippen molar-refractivity contribution in [3.8, 4) is 5.75 Å². The van der Waals surface area contributed by atoms with Gasteiger partial charge in [-0.1, -0.05) is 29.8 Å². The zero-order valence-corrected chi connectivity index (χ0v) is 12.6. The normalized spacial score (nSPS) is 10.5. The van der Waals surface area contributed by atoms with Crippen LogP contribution >= 0.6 is 15.9 Å². The summed E-state index contributed by atoms with van der Waals surface area (Å²) in [6.45, 7) is 6.78. The van der Waals surface area contributed by atoms with E-state index in [0.29, 0.717) is 19.1 Å². The molecule has 0 N–H and O–H groups in total. The Kier molecular flexibility index (Phi) is 6.19. The Morgan fingerprint density at radius 1 is 1.39 bits per heavy atom. The van der Waals surface area contributed by atoms with E-state index in [0.717, 1.165) is 15.8 Å². The van der Waals surface area contributed by atoms with Gasteiger partial charge in [-0.25, -0.2) is 0 Å². The fraction of sp³-hybridized carbons (Fsp3) is 0.500. The number of esters is 1. The molecule has 0 aliphatic carbocycles. The molecule has 4 heteroatoms. The molecule has 3 nitrogen and oxygen atoms in total. The minimum absolute atomic E-state index is 0.222. The molecule has 0 saturated heterocycles. The average Bonchev–Trinajstić information content (AvgIpc) is 2.31.